The average Bonchev–Trinajstić information content (AvgIpc) is 3.00. The van der Waals surface area contributed by atoms with Crippen LogP contribution in [0.1, 0.15) is 15.9 Å². The Hall–Kier alpha value is -2.66. The number of benzene rings is 2. The van der Waals surface area contributed by atoms with Gasteiger partial charge in [-0.15, -0.1) is 11.3 Å². The second-order valence-electron chi connectivity index (χ2n) is 4.87. The summed E-state index contributed by atoms with van der Waals surface area (Å²) in [5, 5.41) is 8.79. The molecule has 1 amide bonds. The zero-order chi connectivity index (χ0) is 15.4. The van der Waals surface area contributed by atoms with E-state index in [1.807, 2.05) is 54.8 Å². The van der Waals surface area contributed by atoms with Crippen molar-refractivity contribution in [2.75, 3.05) is 10.6 Å². The summed E-state index contributed by atoms with van der Waals surface area (Å²) in [6.07, 6.45) is 1.74. The van der Waals surface area contributed by atoms with Crippen LogP contribution in [0.2, 0.25) is 0 Å². The summed E-state index contributed by atoms with van der Waals surface area (Å²) in [5.74, 6) is -0.131. The summed E-state index contributed by atoms with van der Waals surface area (Å²) < 4.78 is 0. The van der Waals surface area contributed by atoms with E-state index in [2.05, 4.69) is 15.6 Å². The predicted octanol–water partition coefficient (Wildman–Crippen LogP) is 4.45. The molecule has 2 N–H and O–H groups in total. The zero-order valence-electron chi connectivity index (χ0n) is 12.0. The predicted molar refractivity (Wildman–Crippen MR) is 91.0 cm³/mol. The topological polar surface area (TPSA) is 54.0 Å². The number of carbonyl (C=O) groups is 1. The first kappa shape index (κ1) is 14.3. The molecule has 0 atom stereocenters. The number of anilines is 3. The Labute approximate surface area is 132 Å². The van der Waals surface area contributed by atoms with Gasteiger partial charge >= 0.3 is 0 Å². The Kier molecular flexibility index (Phi) is 4.16. The Balaban J connectivity index is 1.75. The van der Waals surface area contributed by atoms with Crippen LogP contribution in [0.15, 0.2) is 60.1 Å². The lowest BCUT2D eigenvalue weighted by Crippen LogP contribution is -2.12. The summed E-state index contributed by atoms with van der Waals surface area (Å²) in [7, 11) is 0. The molecule has 0 unspecified atom stereocenters. The third-order valence-corrected chi connectivity index (χ3v) is 3.77. The van der Waals surface area contributed by atoms with Crippen LogP contribution in [-0.4, -0.2) is 10.9 Å². The van der Waals surface area contributed by atoms with E-state index in [-0.39, 0.29) is 5.91 Å². The quantitative estimate of drug-likeness (QED) is 0.748. The fourth-order valence-electron chi connectivity index (χ4n) is 2.07. The number of amides is 1. The van der Waals surface area contributed by atoms with E-state index in [1.165, 1.54) is 11.3 Å². The van der Waals surface area contributed by atoms with E-state index in [0.717, 1.165) is 22.1 Å². The highest BCUT2D eigenvalue weighted by molar-refractivity contribution is 7.13. The number of hydrogen-bond acceptors (Lipinski definition) is 4. The number of hydrogen-bond donors (Lipinski definition) is 2. The molecule has 0 saturated heterocycles. The number of aryl methyl sites for hydroxylation is 1. The van der Waals surface area contributed by atoms with Gasteiger partial charge < -0.3 is 10.6 Å². The van der Waals surface area contributed by atoms with Crippen LogP contribution in [0, 0.1) is 6.92 Å². The number of rotatable bonds is 4. The minimum atomic E-state index is -0.131. The third kappa shape index (κ3) is 3.51. The van der Waals surface area contributed by atoms with Crippen molar-refractivity contribution in [2.45, 2.75) is 6.92 Å². The second-order valence-corrected chi connectivity index (χ2v) is 5.76. The Morgan fingerprint density at radius 3 is 2.68 bits per heavy atom. The molecule has 0 aliphatic carbocycles. The van der Waals surface area contributed by atoms with Gasteiger partial charge in [0.1, 0.15) is 0 Å². The maximum atomic E-state index is 12.3. The smallest absolute Gasteiger partial charge is 0.255 e. The molecular weight excluding hydrogens is 294 g/mol. The summed E-state index contributed by atoms with van der Waals surface area (Å²) in [5.41, 5.74) is 3.34. The van der Waals surface area contributed by atoms with Crippen molar-refractivity contribution in [1.29, 1.82) is 0 Å². The van der Waals surface area contributed by atoms with E-state index in [1.54, 1.807) is 12.3 Å². The first-order chi connectivity index (χ1) is 10.7. The van der Waals surface area contributed by atoms with E-state index in [9.17, 15) is 4.79 Å². The summed E-state index contributed by atoms with van der Waals surface area (Å²) in [4.78, 5) is 16.5. The molecule has 3 aromatic rings. The molecule has 5 heteroatoms. The van der Waals surface area contributed by atoms with E-state index in [4.69, 9.17) is 0 Å². The van der Waals surface area contributed by atoms with E-state index >= 15 is 0 Å². The minimum absolute atomic E-state index is 0.131. The van der Waals surface area contributed by atoms with Gasteiger partial charge in [-0.3, -0.25) is 4.79 Å². The molecule has 0 aliphatic rings. The van der Waals surface area contributed by atoms with Crippen molar-refractivity contribution in [2.24, 2.45) is 0 Å². The van der Waals surface area contributed by atoms with Gasteiger partial charge in [0.15, 0.2) is 5.13 Å². The molecular formula is C17H15N3OS. The van der Waals surface area contributed by atoms with Crippen LogP contribution in [0.4, 0.5) is 16.5 Å². The lowest BCUT2D eigenvalue weighted by molar-refractivity contribution is 0.102. The lowest BCUT2D eigenvalue weighted by Gasteiger charge is -2.08. The molecule has 0 aliphatic heterocycles. The standard InChI is InChI=1S/C17H15N3OS/c1-12-4-2-6-14(10-12)19-16(21)13-5-3-7-15(11-13)20-17-18-8-9-22-17/h2-11H,1H3,(H,18,20)(H,19,21). The molecule has 110 valence electrons. The monoisotopic (exact) mass is 309 g/mol. The van der Waals surface area contributed by atoms with Gasteiger partial charge in [-0.25, -0.2) is 4.98 Å². The van der Waals surface area contributed by atoms with Crippen LogP contribution in [0.5, 0.6) is 0 Å². The summed E-state index contributed by atoms with van der Waals surface area (Å²) in [6.45, 7) is 1.99. The normalized spacial score (nSPS) is 10.2. The van der Waals surface area contributed by atoms with Crippen molar-refractivity contribution in [3.8, 4) is 0 Å². The maximum absolute atomic E-state index is 12.3. The Morgan fingerprint density at radius 2 is 1.91 bits per heavy atom. The first-order valence-electron chi connectivity index (χ1n) is 6.85. The zero-order valence-corrected chi connectivity index (χ0v) is 12.9. The molecule has 22 heavy (non-hydrogen) atoms. The lowest BCUT2D eigenvalue weighted by atomic mass is 10.1. The van der Waals surface area contributed by atoms with Gasteiger partial charge in [-0.05, 0) is 42.8 Å². The Bertz CT molecular complexity index is 784. The fraction of sp³-hybridized carbons (Fsp3) is 0.0588. The highest BCUT2D eigenvalue weighted by atomic mass is 32.1. The highest BCUT2D eigenvalue weighted by Crippen LogP contribution is 2.20. The van der Waals surface area contributed by atoms with Crippen molar-refractivity contribution in [1.82, 2.24) is 4.98 Å². The van der Waals surface area contributed by atoms with Crippen molar-refractivity contribution in [3.05, 3.63) is 71.2 Å². The highest BCUT2D eigenvalue weighted by Gasteiger charge is 2.07. The largest absolute Gasteiger partial charge is 0.332 e. The summed E-state index contributed by atoms with van der Waals surface area (Å²) in [6, 6.07) is 15.1. The van der Waals surface area contributed by atoms with E-state index < -0.39 is 0 Å². The molecule has 1 aromatic heterocycles. The molecule has 3 rings (SSSR count). The summed E-state index contributed by atoms with van der Waals surface area (Å²) >= 11 is 1.51. The van der Waals surface area contributed by atoms with Crippen molar-refractivity contribution in [3.63, 3.8) is 0 Å². The average molecular weight is 309 g/mol. The molecule has 0 radical (unpaired) electrons. The first-order valence-corrected chi connectivity index (χ1v) is 7.73. The SMILES string of the molecule is Cc1cccc(NC(=O)c2cccc(Nc3nccs3)c2)c1. The minimum Gasteiger partial charge on any atom is -0.332 e. The van der Waals surface area contributed by atoms with Gasteiger partial charge in [0.05, 0.1) is 0 Å². The third-order valence-electron chi connectivity index (χ3n) is 3.08. The van der Waals surface area contributed by atoms with Gasteiger partial charge in [0.2, 0.25) is 0 Å². The van der Waals surface area contributed by atoms with Crippen LogP contribution in [0.3, 0.4) is 0 Å². The number of aromatic nitrogens is 1. The van der Waals surface area contributed by atoms with Crippen LogP contribution >= 0.6 is 11.3 Å². The fourth-order valence-corrected chi connectivity index (χ4v) is 2.62. The van der Waals surface area contributed by atoms with Gasteiger partial charge in [0, 0.05) is 28.5 Å². The molecule has 0 saturated carbocycles. The number of nitrogens with zero attached hydrogens (tertiary/aromatic N) is 1. The number of nitrogens with one attached hydrogen (secondary N) is 2. The molecule has 0 fully saturated rings. The second kappa shape index (κ2) is 6.41. The van der Waals surface area contributed by atoms with Gasteiger partial charge in [-0.2, -0.15) is 0 Å². The maximum Gasteiger partial charge on any atom is 0.255 e. The van der Waals surface area contributed by atoms with Gasteiger partial charge in [0.25, 0.3) is 5.91 Å². The molecule has 4 nitrogen and oxygen atoms in total. The van der Waals surface area contributed by atoms with Gasteiger partial charge in [-0.1, -0.05) is 18.2 Å². The van der Waals surface area contributed by atoms with E-state index in [0.29, 0.717) is 5.56 Å². The van der Waals surface area contributed by atoms with Crippen LogP contribution in [0.25, 0.3) is 0 Å². The van der Waals surface area contributed by atoms with Crippen LogP contribution < -0.4 is 10.6 Å². The molecule has 2 aromatic carbocycles. The van der Waals surface area contributed by atoms with Crippen molar-refractivity contribution >= 4 is 33.8 Å². The Morgan fingerprint density at radius 1 is 1.09 bits per heavy atom. The molecule has 0 bridgehead atoms. The van der Waals surface area contributed by atoms with Crippen LogP contribution in [-0.2, 0) is 0 Å². The van der Waals surface area contributed by atoms with Crippen molar-refractivity contribution < 1.29 is 4.79 Å². The molecule has 1 heterocycles. The number of thiazole rings is 1. The number of carbonyl (C=O) groups excluding carboxylic acids is 1. The molecule has 0 spiro atoms.